The van der Waals surface area contributed by atoms with Crippen molar-refractivity contribution in [2.45, 2.75) is 50.8 Å². The molecule has 2 amide bonds. The summed E-state index contributed by atoms with van der Waals surface area (Å²) < 4.78 is 25.0. The molecule has 1 saturated heterocycles. The third-order valence-electron chi connectivity index (χ3n) is 5.25. The SMILES string of the molecule is CC(=O)Oc1ccc2c(c1)OC1(CC2c2ccc(F)cc2)CC(C)(C)NC(=O)N1. The summed E-state index contributed by atoms with van der Waals surface area (Å²) in [7, 11) is 0. The van der Waals surface area contributed by atoms with E-state index in [4.69, 9.17) is 9.47 Å². The number of fused-ring (bicyclic) bond motifs is 1. The second-order valence-corrected chi connectivity index (χ2v) is 8.34. The number of urea groups is 1. The van der Waals surface area contributed by atoms with Crippen molar-refractivity contribution in [1.29, 1.82) is 0 Å². The van der Waals surface area contributed by atoms with Gasteiger partial charge in [0.05, 0.1) is 0 Å². The summed E-state index contributed by atoms with van der Waals surface area (Å²) in [6.45, 7) is 5.21. The molecular weight excluding hydrogens is 375 g/mol. The summed E-state index contributed by atoms with van der Waals surface area (Å²) in [5.74, 6) is 0.0343. The number of benzene rings is 2. The van der Waals surface area contributed by atoms with Crippen molar-refractivity contribution in [2.24, 2.45) is 0 Å². The fraction of sp³-hybridized carbons (Fsp3) is 0.364. The highest BCUT2D eigenvalue weighted by Gasteiger charge is 2.49. The molecule has 2 aromatic rings. The summed E-state index contributed by atoms with van der Waals surface area (Å²) in [6, 6.07) is 11.3. The van der Waals surface area contributed by atoms with Gasteiger partial charge in [-0.05, 0) is 37.6 Å². The molecule has 1 spiro atoms. The fourth-order valence-electron chi connectivity index (χ4n) is 4.34. The highest BCUT2D eigenvalue weighted by Crippen LogP contribution is 2.47. The van der Waals surface area contributed by atoms with E-state index in [9.17, 15) is 14.0 Å². The molecule has 0 saturated carbocycles. The minimum atomic E-state index is -0.938. The Bertz CT molecular complexity index is 973. The van der Waals surface area contributed by atoms with Crippen LogP contribution in [0.15, 0.2) is 42.5 Å². The number of nitrogens with one attached hydrogen (secondary N) is 2. The highest BCUT2D eigenvalue weighted by atomic mass is 19.1. The van der Waals surface area contributed by atoms with Crippen LogP contribution in [0.5, 0.6) is 11.5 Å². The molecule has 29 heavy (non-hydrogen) atoms. The van der Waals surface area contributed by atoms with Gasteiger partial charge >= 0.3 is 12.0 Å². The minimum absolute atomic E-state index is 0.125. The third kappa shape index (κ3) is 3.90. The molecule has 2 N–H and O–H groups in total. The molecule has 152 valence electrons. The van der Waals surface area contributed by atoms with Crippen LogP contribution < -0.4 is 20.1 Å². The predicted octanol–water partition coefficient (Wildman–Crippen LogP) is 3.84. The van der Waals surface area contributed by atoms with E-state index in [1.165, 1.54) is 19.1 Å². The molecule has 4 rings (SSSR count). The molecule has 0 aromatic heterocycles. The molecule has 6 nitrogen and oxygen atoms in total. The van der Waals surface area contributed by atoms with E-state index < -0.39 is 17.2 Å². The van der Waals surface area contributed by atoms with E-state index in [-0.39, 0.29) is 17.8 Å². The first kappa shape index (κ1) is 19.2. The molecular formula is C22H23FN2O4. The molecule has 2 atom stereocenters. The maximum atomic E-state index is 13.5. The molecule has 7 heteroatoms. The summed E-state index contributed by atoms with van der Waals surface area (Å²) in [5.41, 5.74) is 0.401. The Morgan fingerprint density at radius 2 is 1.90 bits per heavy atom. The predicted molar refractivity (Wildman–Crippen MR) is 104 cm³/mol. The van der Waals surface area contributed by atoms with Crippen molar-refractivity contribution in [2.75, 3.05) is 0 Å². The van der Waals surface area contributed by atoms with Crippen molar-refractivity contribution in [3.8, 4) is 11.5 Å². The standard InChI is InChI=1S/C22H23FN2O4/c1-13(26)28-16-8-9-17-18(14-4-6-15(23)7-5-14)11-22(29-19(17)10-16)12-21(2,3)24-20(27)25-22/h4-10,18H,11-12H2,1-3H3,(H2,24,25,27). The van der Waals surface area contributed by atoms with E-state index >= 15 is 0 Å². The van der Waals surface area contributed by atoms with Gasteiger partial charge in [0, 0.05) is 42.9 Å². The number of ether oxygens (including phenoxy) is 2. The van der Waals surface area contributed by atoms with Crippen LogP contribution in [0.25, 0.3) is 0 Å². The number of amides is 2. The molecule has 0 bridgehead atoms. The summed E-state index contributed by atoms with van der Waals surface area (Å²) in [6.07, 6.45) is 1.02. The first-order valence-electron chi connectivity index (χ1n) is 9.52. The first-order chi connectivity index (χ1) is 13.6. The quantitative estimate of drug-likeness (QED) is 0.595. The normalized spacial score (nSPS) is 24.7. The highest BCUT2D eigenvalue weighted by molar-refractivity contribution is 5.77. The van der Waals surface area contributed by atoms with Crippen LogP contribution in [0.2, 0.25) is 0 Å². The molecule has 1 fully saturated rings. The van der Waals surface area contributed by atoms with Crippen LogP contribution >= 0.6 is 0 Å². The number of esters is 1. The largest absolute Gasteiger partial charge is 0.467 e. The number of carbonyl (C=O) groups excluding carboxylic acids is 2. The van der Waals surface area contributed by atoms with E-state index in [0.29, 0.717) is 24.3 Å². The van der Waals surface area contributed by atoms with Crippen molar-refractivity contribution in [3.05, 3.63) is 59.4 Å². The first-order valence-corrected chi connectivity index (χ1v) is 9.52. The lowest BCUT2D eigenvalue weighted by molar-refractivity contribution is -0.131. The average Bonchev–Trinajstić information content (AvgIpc) is 2.59. The molecule has 2 aliphatic rings. The van der Waals surface area contributed by atoms with Crippen molar-refractivity contribution < 1.29 is 23.5 Å². The zero-order valence-corrected chi connectivity index (χ0v) is 16.5. The van der Waals surface area contributed by atoms with Gasteiger partial charge in [-0.15, -0.1) is 0 Å². The van der Waals surface area contributed by atoms with Gasteiger partial charge in [0.1, 0.15) is 17.3 Å². The Labute approximate surface area is 168 Å². The molecule has 2 aromatic carbocycles. The van der Waals surface area contributed by atoms with Gasteiger partial charge in [-0.2, -0.15) is 0 Å². The monoisotopic (exact) mass is 398 g/mol. The van der Waals surface area contributed by atoms with Crippen LogP contribution in [0.1, 0.15) is 50.7 Å². The number of hydrogen-bond donors (Lipinski definition) is 2. The van der Waals surface area contributed by atoms with Gasteiger partial charge in [0.25, 0.3) is 0 Å². The lowest BCUT2D eigenvalue weighted by atomic mass is 9.77. The van der Waals surface area contributed by atoms with Crippen molar-refractivity contribution in [3.63, 3.8) is 0 Å². The lowest BCUT2D eigenvalue weighted by Crippen LogP contribution is -2.69. The number of halogens is 1. The third-order valence-corrected chi connectivity index (χ3v) is 5.25. The Balaban J connectivity index is 1.80. The second kappa shape index (κ2) is 6.76. The van der Waals surface area contributed by atoms with E-state index in [1.807, 2.05) is 19.9 Å². The van der Waals surface area contributed by atoms with Crippen LogP contribution in [0.4, 0.5) is 9.18 Å². The van der Waals surface area contributed by atoms with Gasteiger partial charge in [-0.25, -0.2) is 9.18 Å². The van der Waals surface area contributed by atoms with Gasteiger partial charge < -0.3 is 20.1 Å². The maximum absolute atomic E-state index is 13.5. The number of rotatable bonds is 2. The molecule has 2 heterocycles. The topological polar surface area (TPSA) is 76.7 Å². The fourth-order valence-corrected chi connectivity index (χ4v) is 4.34. The Morgan fingerprint density at radius 3 is 2.55 bits per heavy atom. The summed E-state index contributed by atoms with van der Waals surface area (Å²) >= 11 is 0. The van der Waals surface area contributed by atoms with Crippen molar-refractivity contribution in [1.82, 2.24) is 10.6 Å². The Kier molecular flexibility index (Phi) is 4.48. The number of carbonyl (C=O) groups is 2. The van der Waals surface area contributed by atoms with Crippen LogP contribution in [-0.2, 0) is 4.79 Å². The molecule has 2 unspecified atom stereocenters. The van der Waals surface area contributed by atoms with Crippen molar-refractivity contribution >= 4 is 12.0 Å². The Hall–Kier alpha value is -3.09. The molecule has 0 aliphatic carbocycles. The molecule has 2 aliphatic heterocycles. The number of hydrogen-bond acceptors (Lipinski definition) is 4. The average molecular weight is 398 g/mol. The van der Waals surface area contributed by atoms with E-state index in [2.05, 4.69) is 10.6 Å². The van der Waals surface area contributed by atoms with E-state index in [0.717, 1.165) is 11.1 Å². The van der Waals surface area contributed by atoms with Crippen LogP contribution in [0, 0.1) is 5.82 Å². The lowest BCUT2D eigenvalue weighted by Gasteiger charge is -2.49. The molecule has 0 radical (unpaired) electrons. The zero-order chi connectivity index (χ0) is 20.8. The van der Waals surface area contributed by atoms with Gasteiger partial charge in [0.2, 0.25) is 0 Å². The second-order valence-electron chi connectivity index (χ2n) is 8.34. The zero-order valence-electron chi connectivity index (χ0n) is 16.5. The van der Waals surface area contributed by atoms with Gasteiger partial charge in [0.15, 0.2) is 5.72 Å². The maximum Gasteiger partial charge on any atom is 0.318 e. The van der Waals surface area contributed by atoms with Gasteiger partial charge in [-0.1, -0.05) is 18.2 Å². The Morgan fingerprint density at radius 1 is 1.17 bits per heavy atom. The van der Waals surface area contributed by atoms with Crippen LogP contribution in [-0.4, -0.2) is 23.3 Å². The van der Waals surface area contributed by atoms with E-state index in [1.54, 1.807) is 24.3 Å². The smallest absolute Gasteiger partial charge is 0.318 e. The van der Waals surface area contributed by atoms with Crippen LogP contribution in [0.3, 0.4) is 0 Å². The summed E-state index contributed by atoms with van der Waals surface area (Å²) in [4.78, 5) is 23.7. The summed E-state index contributed by atoms with van der Waals surface area (Å²) in [5, 5.41) is 5.85. The minimum Gasteiger partial charge on any atom is -0.467 e. The van der Waals surface area contributed by atoms with Gasteiger partial charge in [-0.3, -0.25) is 4.79 Å².